The van der Waals surface area contributed by atoms with Crippen LogP contribution in [0.2, 0.25) is 0 Å². The number of hydrogen-bond acceptors (Lipinski definition) is 6. The van der Waals surface area contributed by atoms with Gasteiger partial charge in [-0.25, -0.2) is 13.8 Å². The molecular formula is C24H23F5N5OS. The maximum absolute atomic E-state index is 14.1. The average Bonchev–Trinajstić information content (AvgIpc) is 3.58. The molecule has 0 amide bonds. The number of hydrogen-bond donors (Lipinski definition) is 0. The van der Waals surface area contributed by atoms with Crippen LogP contribution < -0.4 is 0 Å². The predicted molar refractivity (Wildman–Crippen MR) is 123 cm³/mol. The van der Waals surface area contributed by atoms with E-state index in [2.05, 4.69) is 15.2 Å². The lowest BCUT2D eigenvalue weighted by Crippen LogP contribution is -2.32. The molecule has 12 heteroatoms. The van der Waals surface area contributed by atoms with Gasteiger partial charge in [0.2, 0.25) is 0 Å². The monoisotopic (exact) mass is 524 g/mol. The van der Waals surface area contributed by atoms with E-state index in [1.54, 1.807) is 6.92 Å². The topological polar surface area (TPSA) is 55.5 Å². The van der Waals surface area contributed by atoms with Crippen LogP contribution in [0.25, 0.3) is 0 Å². The summed E-state index contributed by atoms with van der Waals surface area (Å²) in [6.07, 6.45) is -3.35. The van der Waals surface area contributed by atoms with E-state index in [-0.39, 0.29) is 24.4 Å². The summed E-state index contributed by atoms with van der Waals surface area (Å²) in [5.41, 5.74) is 0.661. The van der Waals surface area contributed by atoms with E-state index >= 15 is 0 Å². The van der Waals surface area contributed by atoms with Crippen LogP contribution in [0.1, 0.15) is 58.9 Å². The van der Waals surface area contributed by atoms with Crippen LogP contribution in [0.3, 0.4) is 0 Å². The summed E-state index contributed by atoms with van der Waals surface area (Å²) in [6.45, 7) is 5.28. The van der Waals surface area contributed by atoms with Gasteiger partial charge in [-0.1, -0.05) is 11.2 Å². The molecule has 191 valence electrons. The highest BCUT2D eigenvalue weighted by atomic mass is 32.1. The summed E-state index contributed by atoms with van der Waals surface area (Å²) in [5.74, 6) is -1.08. The summed E-state index contributed by atoms with van der Waals surface area (Å²) in [5, 5.41) is 10.5. The molecule has 1 atom stereocenters. The zero-order valence-corrected chi connectivity index (χ0v) is 20.1. The Balaban J connectivity index is 1.14. The highest BCUT2D eigenvalue weighted by Crippen LogP contribution is 2.35. The third-order valence-corrected chi connectivity index (χ3v) is 7.48. The van der Waals surface area contributed by atoms with Crippen LogP contribution in [-0.2, 0) is 17.6 Å². The van der Waals surface area contributed by atoms with E-state index in [0.29, 0.717) is 17.1 Å². The number of piperidine rings is 1. The molecule has 2 aliphatic heterocycles. The molecule has 5 rings (SSSR count). The summed E-state index contributed by atoms with van der Waals surface area (Å²) >= 11 is 1.52. The third-order valence-electron chi connectivity index (χ3n) is 6.47. The van der Waals surface area contributed by atoms with Gasteiger partial charge in [-0.05, 0) is 51.1 Å². The van der Waals surface area contributed by atoms with Gasteiger partial charge in [0.05, 0.1) is 22.8 Å². The van der Waals surface area contributed by atoms with Crippen molar-refractivity contribution in [2.24, 2.45) is 5.16 Å². The Bertz CT molecular complexity index is 1240. The van der Waals surface area contributed by atoms with Gasteiger partial charge in [-0.3, -0.25) is 9.58 Å². The number of oxime groups is 1. The van der Waals surface area contributed by atoms with E-state index in [1.807, 2.05) is 11.9 Å². The molecule has 1 fully saturated rings. The van der Waals surface area contributed by atoms with Gasteiger partial charge >= 0.3 is 6.18 Å². The van der Waals surface area contributed by atoms with Crippen molar-refractivity contribution in [2.45, 2.75) is 50.9 Å². The standard InChI is InChI=1S/C24H23F5N5OS/c1-14-11-21(24(27,28)29)31-34(14)10-9-33-7-5-15(6-8-33)23-30-19(13-36-23)18-12-20(35-32-18)22-16(25)3-2-4-17(22)26/h2-4,9,11,13,15,20H,5-8,10,12H2,1H3/t20-/m0/s1. The van der Waals surface area contributed by atoms with Crippen LogP contribution in [0, 0.1) is 25.1 Å². The Morgan fingerprint density at radius 3 is 2.56 bits per heavy atom. The lowest BCUT2D eigenvalue weighted by Gasteiger charge is -2.30. The average molecular weight is 525 g/mol. The summed E-state index contributed by atoms with van der Waals surface area (Å²) in [7, 11) is 0. The highest BCUT2D eigenvalue weighted by molar-refractivity contribution is 7.10. The zero-order chi connectivity index (χ0) is 25.4. The van der Waals surface area contributed by atoms with E-state index in [9.17, 15) is 22.0 Å². The number of thiazole rings is 1. The fourth-order valence-electron chi connectivity index (χ4n) is 4.46. The van der Waals surface area contributed by atoms with Gasteiger partial charge in [0.25, 0.3) is 0 Å². The molecule has 0 unspecified atom stereocenters. The molecule has 4 heterocycles. The van der Waals surface area contributed by atoms with Crippen molar-refractivity contribution in [1.82, 2.24) is 19.7 Å². The van der Waals surface area contributed by atoms with Gasteiger partial charge < -0.3 is 4.84 Å². The summed E-state index contributed by atoms with van der Waals surface area (Å²) < 4.78 is 68.1. The van der Waals surface area contributed by atoms with E-state index in [0.717, 1.165) is 37.0 Å². The molecule has 2 aromatic heterocycles. The first-order valence-corrected chi connectivity index (χ1v) is 12.4. The smallest absolute Gasteiger partial charge is 0.387 e. The predicted octanol–water partition coefficient (Wildman–Crippen LogP) is 5.85. The van der Waals surface area contributed by atoms with E-state index in [4.69, 9.17) is 9.82 Å². The second-order valence-electron chi connectivity index (χ2n) is 8.89. The van der Waals surface area contributed by atoms with Gasteiger partial charge in [0.1, 0.15) is 17.3 Å². The summed E-state index contributed by atoms with van der Waals surface area (Å²) in [6, 6.07) is 4.75. The SMILES string of the molecule is Cc1cc(C(F)(F)F)nn1C[CH]N1CCC(c2nc(C3=NO[C@H](c4c(F)cccc4F)C3)cs2)CC1. The fourth-order valence-corrected chi connectivity index (χ4v) is 5.47. The molecule has 3 aromatic rings. The van der Waals surface area contributed by atoms with Crippen LogP contribution in [0.15, 0.2) is 34.8 Å². The Labute approximate surface area is 208 Å². The Morgan fingerprint density at radius 1 is 1.17 bits per heavy atom. The van der Waals surface area contributed by atoms with Gasteiger partial charge in [0.15, 0.2) is 11.8 Å². The number of benzene rings is 1. The molecule has 1 radical (unpaired) electrons. The molecule has 0 aliphatic carbocycles. The van der Waals surface area contributed by atoms with Crippen LogP contribution >= 0.6 is 11.3 Å². The minimum atomic E-state index is -4.45. The van der Waals surface area contributed by atoms with Crippen molar-refractivity contribution < 1.29 is 26.8 Å². The van der Waals surface area contributed by atoms with Crippen molar-refractivity contribution in [3.05, 3.63) is 75.5 Å². The number of halogens is 5. The van der Waals surface area contributed by atoms with Gasteiger partial charge in [-0.15, -0.1) is 11.3 Å². The number of rotatable bonds is 6. The number of nitrogens with zero attached hydrogens (tertiary/aromatic N) is 5. The number of alkyl halides is 3. The van der Waals surface area contributed by atoms with E-state index in [1.165, 1.54) is 34.2 Å². The number of likely N-dealkylation sites (tertiary alicyclic amines) is 1. The first-order chi connectivity index (χ1) is 17.2. The maximum Gasteiger partial charge on any atom is 0.435 e. The second-order valence-corrected chi connectivity index (χ2v) is 9.78. The molecule has 1 aromatic carbocycles. The van der Waals surface area contributed by atoms with E-state index < -0.39 is 29.6 Å². The Hall–Kier alpha value is -2.86. The van der Waals surface area contributed by atoms with Crippen LogP contribution in [0.4, 0.5) is 22.0 Å². The lowest BCUT2D eigenvalue weighted by molar-refractivity contribution is -0.141. The maximum atomic E-state index is 14.1. The molecular weight excluding hydrogens is 501 g/mol. The molecule has 0 spiro atoms. The van der Waals surface area contributed by atoms with Crippen molar-refractivity contribution in [3.63, 3.8) is 0 Å². The van der Waals surface area contributed by atoms with Gasteiger partial charge in [0, 0.05) is 30.0 Å². The fraction of sp³-hybridized carbons (Fsp3) is 0.417. The van der Waals surface area contributed by atoms with Crippen molar-refractivity contribution in [2.75, 3.05) is 13.1 Å². The van der Waals surface area contributed by atoms with Crippen molar-refractivity contribution in [1.29, 1.82) is 0 Å². The van der Waals surface area contributed by atoms with Crippen LogP contribution in [0.5, 0.6) is 0 Å². The van der Waals surface area contributed by atoms with Crippen molar-refractivity contribution in [3.8, 4) is 0 Å². The molecule has 1 saturated heterocycles. The summed E-state index contributed by atoms with van der Waals surface area (Å²) in [4.78, 5) is 12.1. The molecule has 6 nitrogen and oxygen atoms in total. The third kappa shape index (κ3) is 5.15. The zero-order valence-electron chi connectivity index (χ0n) is 19.3. The lowest BCUT2D eigenvalue weighted by atomic mass is 9.97. The Morgan fingerprint density at radius 2 is 1.89 bits per heavy atom. The number of aromatic nitrogens is 3. The van der Waals surface area contributed by atoms with Crippen molar-refractivity contribution >= 4 is 17.0 Å². The first kappa shape index (κ1) is 24.8. The largest absolute Gasteiger partial charge is 0.435 e. The molecule has 0 N–H and O–H groups in total. The van der Waals surface area contributed by atoms with Crippen LogP contribution in [-0.4, -0.2) is 38.5 Å². The molecule has 2 aliphatic rings. The molecule has 36 heavy (non-hydrogen) atoms. The minimum Gasteiger partial charge on any atom is -0.387 e. The molecule has 0 bridgehead atoms. The normalized spacial score (nSPS) is 19.5. The minimum absolute atomic E-state index is 0.129. The highest BCUT2D eigenvalue weighted by Gasteiger charge is 2.35. The number of aryl methyl sites for hydroxylation is 1. The van der Waals surface area contributed by atoms with Gasteiger partial charge in [-0.2, -0.15) is 18.3 Å². The molecule has 0 saturated carbocycles. The quantitative estimate of drug-likeness (QED) is 0.380. The Kier molecular flexibility index (Phi) is 6.82. The second kappa shape index (κ2) is 9.89. The first-order valence-electron chi connectivity index (χ1n) is 11.5.